The van der Waals surface area contributed by atoms with E-state index in [2.05, 4.69) is 61.5 Å². The van der Waals surface area contributed by atoms with E-state index in [1.54, 1.807) is 12.1 Å². The van der Waals surface area contributed by atoms with Crippen molar-refractivity contribution in [2.75, 3.05) is 0 Å². The lowest BCUT2D eigenvalue weighted by Gasteiger charge is -2.11. The van der Waals surface area contributed by atoms with Gasteiger partial charge >= 0.3 is 0 Å². The molecule has 2 aromatic carbocycles. The van der Waals surface area contributed by atoms with Crippen LogP contribution in [-0.4, -0.2) is 15.7 Å². The van der Waals surface area contributed by atoms with Gasteiger partial charge in [-0.05, 0) is 75.6 Å². The number of hydrogen-bond acceptors (Lipinski definition) is 3. The van der Waals surface area contributed by atoms with Crippen molar-refractivity contribution in [3.05, 3.63) is 86.2 Å². The quantitative estimate of drug-likeness (QED) is 0.341. The summed E-state index contributed by atoms with van der Waals surface area (Å²) in [5, 5.41) is 10.9. The summed E-state index contributed by atoms with van der Waals surface area (Å²) in [4.78, 5) is 15.0. The standard InChI is InChI=1S/C22H23N3O2/c1-14-8-15(2)10-21(9-14)24-17(4)12-19(18(24)5)13-23-22-7-6-20(25(26)27)11-16(22)3/h6-13H,1-5H3. The van der Waals surface area contributed by atoms with Crippen molar-refractivity contribution < 1.29 is 4.92 Å². The van der Waals surface area contributed by atoms with Gasteiger partial charge in [0.25, 0.3) is 5.69 Å². The second-order valence-electron chi connectivity index (χ2n) is 6.99. The van der Waals surface area contributed by atoms with Gasteiger partial charge in [-0.1, -0.05) is 6.07 Å². The fourth-order valence-electron chi connectivity index (χ4n) is 3.43. The number of benzene rings is 2. The molecule has 0 bridgehead atoms. The number of aromatic nitrogens is 1. The van der Waals surface area contributed by atoms with Crippen LogP contribution in [0.2, 0.25) is 0 Å². The van der Waals surface area contributed by atoms with Crippen molar-refractivity contribution in [2.45, 2.75) is 34.6 Å². The Kier molecular flexibility index (Phi) is 4.95. The molecule has 0 radical (unpaired) electrons. The van der Waals surface area contributed by atoms with Crippen molar-refractivity contribution >= 4 is 17.6 Å². The van der Waals surface area contributed by atoms with Gasteiger partial charge in [0.15, 0.2) is 0 Å². The van der Waals surface area contributed by atoms with Crippen LogP contribution in [0.5, 0.6) is 0 Å². The highest BCUT2D eigenvalue weighted by Crippen LogP contribution is 2.25. The van der Waals surface area contributed by atoms with Gasteiger partial charge in [-0.3, -0.25) is 15.1 Å². The van der Waals surface area contributed by atoms with E-state index in [4.69, 9.17) is 0 Å². The predicted octanol–water partition coefficient (Wildman–Crippen LogP) is 5.68. The van der Waals surface area contributed by atoms with Gasteiger partial charge in [0.1, 0.15) is 0 Å². The smallest absolute Gasteiger partial charge is 0.269 e. The monoisotopic (exact) mass is 361 g/mol. The summed E-state index contributed by atoms with van der Waals surface area (Å²) in [6.45, 7) is 10.2. The molecule has 0 fully saturated rings. The van der Waals surface area contributed by atoms with Crippen molar-refractivity contribution in [3.8, 4) is 5.69 Å². The van der Waals surface area contributed by atoms with E-state index in [0.29, 0.717) is 0 Å². The molecule has 0 amide bonds. The minimum absolute atomic E-state index is 0.0828. The number of nitro benzene ring substituents is 1. The number of hydrogen-bond donors (Lipinski definition) is 0. The van der Waals surface area contributed by atoms with Gasteiger partial charge in [-0.2, -0.15) is 0 Å². The Morgan fingerprint density at radius 1 is 0.963 bits per heavy atom. The van der Waals surface area contributed by atoms with Crippen LogP contribution < -0.4 is 0 Å². The normalized spacial score (nSPS) is 11.3. The molecule has 5 nitrogen and oxygen atoms in total. The van der Waals surface area contributed by atoms with E-state index in [-0.39, 0.29) is 5.69 Å². The van der Waals surface area contributed by atoms with Crippen molar-refractivity contribution in [1.82, 2.24) is 4.57 Å². The highest BCUT2D eigenvalue weighted by Gasteiger charge is 2.11. The Hall–Kier alpha value is -3.21. The Labute approximate surface area is 159 Å². The van der Waals surface area contributed by atoms with Gasteiger partial charge in [0.2, 0.25) is 0 Å². The SMILES string of the molecule is Cc1cc(C)cc(-n2c(C)cc(C=Nc3ccc([N+](=O)[O-])cc3C)c2C)c1. The number of rotatable bonds is 4. The van der Waals surface area contributed by atoms with Crippen LogP contribution in [0.1, 0.15) is 33.6 Å². The minimum atomic E-state index is -0.391. The largest absolute Gasteiger partial charge is 0.318 e. The number of non-ortho nitro benzene ring substituents is 1. The molecule has 0 aliphatic rings. The molecule has 1 aromatic heterocycles. The summed E-state index contributed by atoms with van der Waals surface area (Å²) < 4.78 is 2.23. The van der Waals surface area contributed by atoms with Crippen molar-refractivity contribution in [1.29, 1.82) is 0 Å². The van der Waals surface area contributed by atoms with Crippen LogP contribution in [0.3, 0.4) is 0 Å². The first-order valence-corrected chi connectivity index (χ1v) is 8.83. The maximum Gasteiger partial charge on any atom is 0.269 e. The van der Waals surface area contributed by atoms with Crippen LogP contribution in [0.4, 0.5) is 11.4 Å². The lowest BCUT2D eigenvalue weighted by atomic mass is 10.1. The summed E-state index contributed by atoms with van der Waals surface area (Å²) in [6.07, 6.45) is 1.83. The molecular weight excluding hydrogens is 338 g/mol. The average Bonchev–Trinajstić information content (AvgIpc) is 2.86. The molecule has 0 spiro atoms. The van der Waals surface area contributed by atoms with E-state index in [1.807, 2.05) is 13.1 Å². The summed E-state index contributed by atoms with van der Waals surface area (Å²) >= 11 is 0. The highest BCUT2D eigenvalue weighted by molar-refractivity contribution is 5.84. The number of aryl methyl sites for hydroxylation is 4. The predicted molar refractivity (Wildman–Crippen MR) is 110 cm³/mol. The van der Waals surface area contributed by atoms with E-state index in [9.17, 15) is 10.1 Å². The maximum atomic E-state index is 10.9. The zero-order valence-corrected chi connectivity index (χ0v) is 16.3. The first-order valence-electron chi connectivity index (χ1n) is 8.83. The molecule has 0 atom stereocenters. The summed E-state index contributed by atoms with van der Waals surface area (Å²) in [7, 11) is 0. The van der Waals surface area contributed by atoms with Crippen LogP contribution in [-0.2, 0) is 0 Å². The molecule has 3 aromatic rings. The second kappa shape index (κ2) is 7.19. The van der Waals surface area contributed by atoms with Gasteiger partial charge in [0, 0.05) is 41.0 Å². The molecule has 0 N–H and O–H groups in total. The van der Waals surface area contributed by atoms with E-state index in [1.165, 1.54) is 17.2 Å². The molecule has 0 saturated carbocycles. The first kappa shape index (κ1) is 18.6. The lowest BCUT2D eigenvalue weighted by Crippen LogP contribution is -2.00. The lowest BCUT2D eigenvalue weighted by molar-refractivity contribution is -0.384. The number of nitrogens with zero attached hydrogens (tertiary/aromatic N) is 3. The number of aliphatic imine (C=N–C) groups is 1. The van der Waals surface area contributed by atoms with Crippen molar-refractivity contribution in [2.24, 2.45) is 4.99 Å². The molecule has 3 rings (SSSR count). The Morgan fingerprint density at radius 3 is 2.22 bits per heavy atom. The van der Waals surface area contributed by atoms with Crippen LogP contribution in [0.15, 0.2) is 47.5 Å². The third-order valence-corrected chi connectivity index (χ3v) is 4.67. The highest BCUT2D eigenvalue weighted by atomic mass is 16.6. The summed E-state index contributed by atoms with van der Waals surface area (Å²) in [5.41, 5.74) is 8.49. The fraction of sp³-hybridized carbons (Fsp3) is 0.227. The molecule has 27 heavy (non-hydrogen) atoms. The summed E-state index contributed by atoms with van der Waals surface area (Å²) in [6, 6.07) is 13.3. The minimum Gasteiger partial charge on any atom is -0.318 e. The zero-order chi connectivity index (χ0) is 19.7. The fourth-order valence-corrected chi connectivity index (χ4v) is 3.43. The molecule has 0 aliphatic heterocycles. The number of nitro groups is 1. The van der Waals surface area contributed by atoms with Gasteiger partial charge in [-0.15, -0.1) is 0 Å². The molecule has 0 saturated heterocycles. The van der Waals surface area contributed by atoms with E-state index >= 15 is 0 Å². The third-order valence-electron chi connectivity index (χ3n) is 4.67. The maximum absolute atomic E-state index is 10.9. The molecule has 0 aliphatic carbocycles. The average molecular weight is 361 g/mol. The van der Waals surface area contributed by atoms with E-state index < -0.39 is 4.92 Å². The first-order chi connectivity index (χ1) is 12.8. The van der Waals surface area contributed by atoms with Gasteiger partial charge < -0.3 is 4.57 Å². The Balaban J connectivity index is 1.97. The van der Waals surface area contributed by atoms with Gasteiger partial charge in [0.05, 0.1) is 10.6 Å². The third kappa shape index (κ3) is 3.82. The van der Waals surface area contributed by atoms with Gasteiger partial charge in [-0.25, -0.2) is 0 Å². The Bertz CT molecular complexity index is 1040. The summed E-state index contributed by atoms with van der Waals surface area (Å²) in [5.74, 6) is 0. The van der Waals surface area contributed by atoms with Crippen molar-refractivity contribution in [3.63, 3.8) is 0 Å². The molecule has 5 heteroatoms. The van der Waals surface area contributed by atoms with E-state index in [0.717, 1.165) is 33.9 Å². The Morgan fingerprint density at radius 2 is 1.63 bits per heavy atom. The molecule has 0 unspecified atom stereocenters. The zero-order valence-electron chi connectivity index (χ0n) is 16.3. The van der Waals surface area contributed by atoms with Crippen LogP contribution in [0.25, 0.3) is 5.69 Å². The second-order valence-corrected chi connectivity index (χ2v) is 6.99. The molecule has 1 heterocycles. The molecule has 138 valence electrons. The molecular formula is C22H23N3O2. The van der Waals surface area contributed by atoms with Crippen LogP contribution in [0, 0.1) is 44.7 Å². The van der Waals surface area contributed by atoms with Crippen LogP contribution >= 0.6 is 0 Å². The topological polar surface area (TPSA) is 60.4 Å².